The van der Waals surface area contributed by atoms with Crippen LogP contribution in [0.2, 0.25) is 0 Å². The van der Waals surface area contributed by atoms with E-state index < -0.39 is 0 Å². The summed E-state index contributed by atoms with van der Waals surface area (Å²) in [6, 6.07) is 17.5. The van der Waals surface area contributed by atoms with E-state index in [4.69, 9.17) is 4.74 Å². The molecule has 136 valence electrons. The highest BCUT2D eigenvalue weighted by atomic mass is 16.5. The molecule has 0 atom stereocenters. The van der Waals surface area contributed by atoms with E-state index in [9.17, 15) is 9.59 Å². The first-order chi connectivity index (χ1) is 13.0. The molecule has 6 nitrogen and oxygen atoms in total. The summed E-state index contributed by atoms with van der Waals surface area (Å²) in [6.45, 7) is 1.94. The van der Waals surface area contributed by atoms with Gasteiger partial charge in [-0.05, 0) is 48.9 Å². The number of nitrogens with zero attached hydrogens (tertiary/aromatic N) is 1. The number of aryl methyl sites for hydroxylation is 1. The standard InChI is InChI=1S/C21H19N3O3/c1-14-5-3-6-16(11-14)24-21(26)19-12-15(9-10-22-19)20(25)23-17-7-4-8-18(13-17)27-2/h3-13H,1-2H3,(H,23,25)(H,24,26). The molecule has 0 unspecified atom stereocenters. The zero-order valence-electron chi connectivity index (χ0n) is 15.0. The van der Waals surface area contributed by atoms with Crippen LogP contribution in [0.4, 0.5) is 11.4 Å². The average Bonchev–Trinajstić information content (AvgIpc) is 2.68. The van der Waals surface area contributed by atoms with Crippen molar-refractivity contribution in [3.05, 3.63) is 83.7 Å². The fraction of sp³-hybridized carbons (Fsp3) is 0.0952. The SMILES string of the molecule is COc1cccc(NC(=O)c2ccnc(C(=O)Nc3cccc(C)c3)c2)c1. The first-order valence-electron chi connectivity index (χ1n) is 8.34. The Balaban J connectivity index is 1.74. The number of methoxy groups -OCH3 is 1. The molecule has 2 N–H and O–H groups in total. The summed E-state index contributed by atoms with van der Waals surface area (Å²) >= 11 is 0. The number of carbonyl (C=O) groups is 2. The molecular weight excluding hydrogens is 342 g/mol. The van der Waals surface area contributed by atoms with Crippen LogP contribution in [0.3, 0.4) is 0 Å². The zero-order valence-corrected chi connectivity index (χ0v) is 15.0. The minimum Gasteiger partial charge on any atom is -0.497 e. The van der Waals surface area contributed by atoms with Crippen LogP contribution in [0.15, 0.2) is 66.9 Å². The van der Waals surface area contributed by atoms with Crippen LogP contribution in [0.1, 0.15) is 26.4 Å². The zero-order chi connectivity index (χ0) is 19.2. The molecule has 0 radical (unpaired) electrons. The van der Waals surface area contributed by atoms with Crippen LogP contribution < -0.4 is 15.4 Å². The normalized spacial score (nSPS) is 10.1. The molecule has 0 aliphatic carbocycles. The summed E-state index contributed by atoms with van der Waals surface area (Å²) in [5.41, 5.74) is 2.80. The Kier molecular flexibility index (Phi) is 5.47. The van der Waals surface area contributed by atoms with Crippen LogP contribution >= 0.6 is 0 Å². The Morgan fingerprint density at radius 1 is 0.889 bits per heavy atom. The lowest BCUT2D eigenvalue weighted by atomic mass is 10.2. The van der Waals surface area contributed by atoms with Gasteiger partial charge < -0.3 is 15.4 Å². The first kappa shape index (κ1) is 18.1. The number of benzene rings is 2. The molecule has 3 aromatic rings. The third-order valence-electron chi connectivity index (χ3n) is 3.86. The third-order valence-corrected chi connectivity index (χ3v) is 3.86. The Labute approximate surface area is 157 Å². The van der Waals surface area contributed by atoms with E-state index in [1.165, 1.54) is 12.3 Å². The second-order valence-corrected chi connectivity index (χ2v) is 5.94. The third kappa shape index (κ3) is 4.70. The Morgan fingerprint density at radius 3 is 2.33 bits per heavy atom. The second-order valence-electron chi connectivity index (χ2n) is 5.94. The van der Waals surface area contributed by atoms with Crippen molar-refractivity contribution in [2.75, 3.05) is 17.7 Å². The molecule has 0 aliphatic rings. The van der Waals surface area contributed by atoms with Gasteiger partial charge in [0.25, 0.3) is 11.8 Å². The number of rotatable bonds is 5. The maximum absolute atomic E-state index is 12.5. The number of carbonyl (C=O) groups excluding carboxylic acids is 2. The number of hydrogen-bond acceptors (Lipinski definition) is 4. The fourth-order valence-corrected chi connectivity index (χ4v) is 2.52. The molecular formula is C21H19N3O3. The van der Waals surface area contributed by atoms with Gasteiger partial charge in [-0.2, -0.15) is 0 Å². The lowest BCUT2D eigenvalue weighted by Gasteiger charge is -2.09. The van der Waals surface area contributed by atoms with E-state index in [1.54, 1.807) is 43.5 Å². The summed E-state index contributed by atoms with van der Waals surface area (Å²) in [5.74, 6) is -0.0763. The lowest BCUT2D eigenvalue weighted by Crippen LogP contribution is -2.17. The highest BCUT2D eigenvalue weighted by molar-refractivity contribution is 6.07. The molecule has 0 bridgehead atoms. The Morgan fingerprint density at radius 2 is 1.59 bits per heavy atom. The topological polar surface area (TPSA) is 80.3 Å². The molecule has 2 amide bonds. The maximum atomic E-state index is 12.5. The van der Waals surface area contributed by atoms with E-state index in [1.807, 2.05) is 25.1 Å². The molecule has 0 saturated carbocycles. The molecule has 0 fully saturated rings. The van der Waals surface area contributed by atoms with Crippen molar-refractivity contribution in [3.63, 3.8) is 0 Å². The maximum Gasteiger partial charge on any atom is 0.274 e. The highest BCUT2D eigenvalue weighted by Crippen LogP contribution is 2.18. The number of amides is 2. The van der Waals surface area contributed by atoms with E-state index in [2.05, 4.69) is 15.6 Å². The van der Waals surface area contributed by atoms with Gasteiger partial charge in [-0.3, -0.25) is 14.6 Å². The fourth-order valence-electron chi connectivity index (χ4n) is 2.52. The van der Waals surface area contributed by atoms with Crippen molar-refractivity contribution in [1.82, 2.24) is 4.98 Å². The summed E-state index contributed by atoms with van der Waals surface area (Å²) in [5, 5.41) is 5.56. The van der Waals surface area contributed by atoms with Crippen LogP contribution in [-0.2, 0) is 0 Å². The van der Waals surface area contributed by atoms with Crippen LogP contribution in [-0.4, -0.2) is 23.9 Å². The van der Waals surface area contributed by atoms with Crippen LogP contribution in [0.5, 0.6) is 5.75 Å². The van der Waals surface area contributed by atoms with Crippen molar-refractivity contribution < 1.29 is 14.3 Å². The molecule has 3 rings (SSSR count). The summed E-state index contributed by atoms with van der Waals surface area (Å²) in [6.07, 6.45) is 1.44. The van der Waals surface area contributed by atoms with Crippen molar-refractivity contribution in [3.8, 4) is 5.75 Å². The highest BCUT2D eigenvalue weighted by Gasteiger charge is 2.13. The number of nitrogens with one attached hydrogen (secondary N) is 2. The van der Waals surface area contributed by atoms with Gasteiger partial charge in [0.1, 0.15) is 11.4 Å². The second kappa shape index (κ2) is 8.14. The van der Waals surface area contributed by atoms with Crippen molar-refractivity contribution in [2.45, 2.75) is 6.92 Å². The first-order valence-corrected chi connectivity index (χ1v) is 8.34. The van der Waals surface area contributed by atoms with Crippen LogP contribution in [0.25, 0.3) is 0 Å². The predicted molar refractivity (Wildman–Crippen MR) is 104 cm³/mol. The number of hydrogen-bond donors (Lipinski definition) is 2. The van der Waals surface area contributed by atoms with E-state index in [-0.39, 0.29) is 17.5 Å². The monoisotopic (exact) mass is 361 g/mol. The molecule has 0 aliphatic heterocycles. The molecule has 6 heteroatoms. The largest absolute Gasteiger partial charge is 0.497 e. The number of pyridine rings is 1. The van der Waals surface area contributed by atoms with Gasteiger partial charge in [-0.15, -0.1) is 0 Å². The van der Waals surface area contributed by atoms with Gasteiger partial charge in [0.15, 0.2) is 0 Å². The molecule has 0 spiro atoms. The molecule has 1 aromatic heterocycles. The minimum atomic E-state index is -0.378. The lowest BCUT2D eigenvalue weighted by molar-refractivity contribution is 0.102. The predicted octanol–water partition coefficient (Wildman–Crippen LogP) is 3.90. The van der Waals surface area contributed by atoms with Crippen LogP contribution in [0, 0.1) is 6.92 Å². The van der Waals surface area contributed by atoms with Gasteiger partial charge in [0.05, 0.1) is 7.11 Å². The van der Waals surface area contributed by atoms with Gasteiger partial charge in [0, 0.05) is 29.2 Å². The van der Waals surface area contributed by atoms with E-state index >= 15 is 0 Å². The van der Waals surface area contributed by atoms with E-state index in [0.29, 0.717) is 22.7 Å². The summed E-state index contributed by atoms with van der Waals surface area (Å²) in [7, 11) is 1.56. The quantitative estimate of drug-likeness (QED) is 0.722. The van der Waals surface area contributed by atoms with Crippen molar-refractivity contribution in [2.24, 2.45) is 0 Å². The number of aromatic nitrogens is 1. The van der Waals surface area contributed by atoms with Crippen molar-refractivity contribution in [1.29, 1.82) is 0 Å². The number of ether oxygens (including phenoxy) is 1. The summed E-state index contributed by atoms with van der Waals surface area (Å²) in [4.78, 5) is 29.0. The molecule has 0 saturated heterocycles. The van der Waals surface area contributed by atoms with Gasteiger partial charge >= 0.3 is 0 Å². The molecule has 27 heavy (non-hydrogen) atoms. The molecule has 2 aromatic carbocycles. The van der Waals surface area contributed by atoms with Gasteiger partial charge in [0.2, 0.25) is 0 Å². The van der Waals surface area contributed by atoms with Gasteiger partial charge in [-0.1, -0.05) is 18.2 Å². The summed E-state index contributed by atoms with van der Waals surface area (Å²) < 4.78 is 5.14. The minimum absolute atomic E-state index is 0.162. The van der Waals surface area contributed by atoms with E-state index in [0.717, 1.165) is 5.56 Å². The Bertz CT molecular complexity index is 986. The number of anilines is 2. The average molecular weight is 361 g/mol. The Hall–Kier alpha value is -3.67. The van der Waals surface area contributed by atoms with Gasteiger partial charge in [-0.25, -0.2) is 0 Å². The van der Waals surface area contributed by atoms with Crippen molar-refractivity contribution >= 4 is 23.2 Å². The molecule has 1 heterocycles. The smallest absolute Gasteiger partial charge is 0.274 e.